The van der Waals surface area contributed by atoms with Gasteiger partial charge < -0.3 is 15.7 Å². The monoisotopic (exact) mass is 454 g/mol. The van der Waals surface area contributed by atoms with Crippen molar-refractivity contribution in [3.05, 3.63) is 71.2 Å². The second-order valence-corrected chi connectivity index (χ2v) is 9.83. The van der Waals surface area contributed by atoms with Crippen molar-refractivity contribution in [2.45, 2.75) is 38.8 Å². The number of fused-ring (bicyclic) bond motifs is 2. The largest absolute Gasteiger partial charge is 0.390 e. The SMILES string of the molecule is Cc1nc(N2CCC3(CC2)Cc2ccccc2[C@H]3N)c(CO)nc1-c1ccc2c(cnn2C)c1. The number of piperidine rings is 1. The first-order valence-corrected chi connectivity index (χ1v) is 12.0. The van der Waals surface area contributed by atoms with E-state index < -0.39 is 0 Å². The molecule has 1 spiro atoms. The molecule has 7 nitrogen and oxygen atoms in total. The van der Waals surface area contributed by atoms with Crippen molar-refractivity contribution in [1.29, 1.82) is 0 Å². The molecule has 1 aliphatic heterocycles. The Balaban J connectivity index is 1.28. The maximum absolute atomic E-state index is 10.2. The van der Waals surface area contributed by atoms with E-state index >= 15 is 0 Å². The summed E-state index contributed by atoms with van der Waals surface area (Å²) in [6, 6.07) is 14.9. The smallest absolute Gasteiger partial charge is 0.153 e. The quantitative estimate of drug-likeness (QED) is 0.491. The minimum absolute atomic E-state index is 0.0840. The van der Waals surface area contributed by atoms with Gasteiger partial charge in [0.25, 0.3) is 0 Å². The van der Waals surface area contributed by atoms with Gasteiger partial charge in [-0.25, -0.2) is 9.97 Å². The summed E-state index contributed by atoms with van der Waals surface area (Å²) in [5, 5.41) is 15.6. The molecule has 1 aliphatic carbocycles. The van der Waals surface area contributed by atoms with Gasteiger partial charge in [0.05, 0.1) is 29.7 Å². The van der Waals surface area contributed by atoms with Crippen LogP contribution in [-0.2, 0) is 20.1 Å². The zero-order valence-corrected chi connectivity index (χ0v) is 19.7. The van der Waals surface area contributed by atoms with Gasteiger partial charge in [-0.05, 0) is 54.9 Å². The average Bonchev–Trinajstić information content (AvgIpc) is 3.36. The second-order valence-electron chi connectivity index (χ2n) is 9.83. The molecule has 174 valence electrons. The van der Waals surface area contributed by atoms with Gasteiger partial charge in [0.1, 0.15) is 5.69 Å². The van der Waals surface area contributed by atoms with Gasteiger partial charge in [-0.1, -0.05) is 30.3 Å². The maximum atomic E-state index is 10.2. The van der Waals surface area contributed by atoms with Crippen LogP contribution in [-0.4, -0.2) is 37.9 Å². The number of hydrogen-bond acceptors (Lipinski definition) is 6. The Morgan fingerprint density at radius 3 is 2.68 bits per heavy atom. The van der Waals surface area contributed by atoms with Crippen molar-refractivity contribution in [2.24, 2.45) is 18.2 Å². The van der Waals surface area contributed by atoms with Crippen molar-refractivity contribution in [1.82, 2.24) is 19.7 Å². The number of aliphatic hydroxyl groups is 1. The van der Waals surface area contributed by atoms with Gasteiger partial charge in [-0.3, -0.25) is 4.68 Å². The summed E-state index contributed by atoms with van der Waals surface area (Å²) in [6.45, 7) is 3.58. The topological polar surface area (TPSA) is 93.1 Å². The predicted molar refractivity (Wildman–Crippen MR) is 133 cm³/mol. The van der Waals surface area contributed by atoms with Crippen LogP contribution in [0.2, 0.25) is 0 Å². The minimum atomic E-state index is -0.142. The average molecular weight is 455 g/mol. The number of nitrogens with zero attached hydrogens (tertiary/aromatic N) is 5. The van der Waals surface area contributed by atoms with E-state index in [0.29, 0.717) is 5.69 Å². The van der Waals surface area contributed by atoms with E-state index in [1.807, 2.05) is 30.9 Å². The molecule has 4 aromatic rings. The molecule has 3 heterocycles. The lowest BCUT2D eigenvalue weighted by molar-refractivity contribution is 0.186. The van der Waals surface area contributed by atoms with E-state index in [4.69, 9.17) is 15.7 Å². The molecule has 7 heteroatoms. The number of rotatable bonds is 3. The standard InChI is InChI=1S/C27H30N6O/c1-17-24(18-7-8-23-20(13-18)15-29-32(23)2)31-22(16-34)26(30-17)33-11-9-27(10-12-33)14-19-5-3-4-6-21(19)25(27)28/h3-8,13,15,25,34H,9-12,14,16,28H2,1-2H3/t25-/m1/s1. The van der Waals surface area contributed by atoms with Crippen LogP contribution in [0.1, 0.15) is 41.4 Å². The number of benzene rings is 2. The third-order valence-corrected chi connectivity index (χ3v) is 7.94. The third-order valence-electron chi connectivity index (χ3n) is 7.94. The molecule has 6 rings (SSSR count). The van der Waals surface area contributed by atoms with Crippen molar-refractivity contribution in [3.63, 3.8) is 0 Å². The van der Waals surface area contributed by atoms with Crippen molar-refractivity contribution >= 4 is 16.7 Å². The van der Waals surface area contributed by atoms with Crippen LogP contribution < -0.4 is 10.6 Å². The Bertz CT molecular complexity index is 1390. The Morgan fingerprint density at radius 1 is 1.12 bits per heavy atom. The van der Waals surface area contributed by atoms with Crippen LogP contribution in [0.3, 0.4) is 0 Å². The first-order valence-electron chi connectivity index (χ1n) is 12.0. The molecule has 2 aromatic heterocycles. The van der Waals surface area contributed by atoms with Gasteiger partial charge in [-0.2, -0.15) is 5.10 Å². The lowest BCUT2D eigenvalue weighted by Gasteiger charge is -2.43. The minimum Gasteiger partial charge on any atom is -0.390 e. The highest BCUT2D eigenvalue weighted by atomic mass is 16.3. The fraction of sp³-hybridized carbons (Fsp3) is 0.370. The lowest BCUT2D eigenvalue weighted by Crippen LogP contribution is -2.45. The molecule has 1 atom stereocenters. The van der Waals surface area contributed by atoms with Crippen LogP contribution in [0, 0.1) is 12.3 Å². The summed E-state index contributed by atoms with van der Waals surface area (Å²) in [4.78, 5) is 12.1. The molecule has 0 saturated carbocycles. The van der Waals surface area contributed by atoms with Gasteiger partial charge in [0.15, 0.2) is 5.82 Å². The molecule has 2 aromatic carbocycles. The Labute approximate surface area is 199 Å². The Kier molecular flexibility index (Phi) is 4.93. The highest BCUT2D eigenvalue weighted by Crippen LogP contribution is 2.51. The highest BCUT2D eigenvalue weighted by molar-refractivity contribution is 5.84. The molecule has 0 unspecified atom stereocenters. The molecule has 34 heavy (non-hydrogen) atoms. The van der Waals surface area contributed by atoms with Crippen LogP contribution in [0.15, 0.2) is 48.7 Å². The summed E-state index contributed by atoms with van der Waals surface area (Å²) < 4.78 is 1.86. The summed E-state index contributed by atoms with van der Waals surface area (Å²) in [5.41, 5.74) is 13.9. The van der Waals surface area contributed by atoms with E-state index in [1.54, 1.807) is 0 Å². The summed E-state index contributed by atoms with van der Waals surface area (Å²) in [5.74, 6) is 0.796. The van der Waals surface area contributed by atoms with Crippen molar-refractivity contribution in [3.8, 4) is 11.3 Å². The van der Waals surface area contributed by atoms with Crippen molar-refractivity contribution in [2.75, 3.05) is 18.0 Å². The Morgan fingerprint density at radius 2 is 1.91 bits per heavy atom. The molecule has 0 bridgehead atoms. The predicted octanol–water partition coefficient (Wildman–Crippen LogP) is 3.67. The molecular weight excluding hydrogens is 424 g/mol. The molecule has 2 aliphatic rings. The van der Waals surface area contributed by atoms with Gasteiger partial charge >= 0.3 is 0 Å². The fourth-order valence-electron chi connectivity index (χ4n) is 5.96. The summed E-state index contributed by atoms with van der Waals surface area (Å²) >= 11 is 0. The fourth-order valence-corrected chi connectivity index (χ4v) is 5.96. The molecule has 1 saturated heterocycles. The lowest BCUT2D eigenvalue weighted by atomic mass is 9.73. The summed E-state index contributed by atoms with van der Waals surface area (Å²) in [6.07, 6.45) is 4.92. The van der Waals surface area contributed by atoms with E-state index in [1.165, 1.54) is 11.1 Å². The normalized spacial score (nSPS) is 19.2. The number of aryl methyl sites for hydroxylation is 2. The molecular formula is C27H30N6O. The van der Waals surface area contributed by atoms with Gasteiger partial charge in [0, 0.05) is 37.1 Å². The van der Waals surface area contributed by atoms with E-state index in [0.717, 1.165) is 66.0 Å². The molecule has 0 amide bonds. The van der Waals surface area contributed by atoms with E-state index in [-0.39, 0.29) is 18.1 Å². The van der Waals surface area contributed by atoms with Crippen LogP contribution in [0.25, 0.3) is 22.2 Å². The second kappa shape index (κ2) is 7.89. The van der Waals surface area contributed by atoms with Crippen molar-refractivity contribution < 1.29 is 5.11 Å². The van der Waals surface area contributed by atoms with Crippen LogP contribution >= 0.6 is 0 Å². The first-order chi connectivity index (χ1) is 16.5. The zero-order valence-electron chi connectivity index (χ0n) is 19.7. The molecule has 1 fully saturated rings. The Hall–Kier alpha value is -3.29. The number of nitrogens with two attached hydrogens (primary N) is 1. The number of aliphatic hydroxyl groups excluding tert-OH is 1. The first kappa shape index (κ1) is 21.3. The molecule has 3 N–H and O–H groups in total. The molecule has 0 radical (unpaired) electrons. The number of aromatic nitrogens is 4. The highest BCUT2D eigenvalue weighted by Gasteiger charge is 2.46. The van der Waals surface area contributed by atoms with E-state index in [2.05, 4.69) is 46.4 Å². The number of anilines is 1. The third kappa shape index (κ3) is 3.22. The van der Waals surface area contributed by atoms with Crippen LogP contribution in [0.5, 0.6) is 0 Å². The van der Waals surface area contributed by atoms with Gasteiger partial charge in [-0.15, -0.1) is 0 Å². The van der Waals surface area contributed by atoms with Crippen LogP contribution in [0.4, 0.5) is 5.82 Å². The van der Waals surface area contributed by atoms with Gasteiger partial charge in [0.2, 0.25) is 0 Å². The number of hydrogen-bond donors (Lipinski definition) is 2. The zero-order chi connectivity index (χ0) is 23.4. The summed E-state index contributed by atoms with van der Waals surface area (Å²) in [7, 11) is 1.94. The maximum Gasteiger partial charge on any atom is 0.153 e. The van der Waals surface area contributed by atoms with E-state index in [9.17, 15) is 5.11 Å².